The van der Waals surface area contributed by atoms with Gasteiger partial charge in [0.05, 0.1) is 12.4 Å². The summed E-state index contributed by atoms with van der Waals surface area (Å²) in [6, 6.07) is 4.12. The van der Waals surface area contributed by atoms with E-state index in [4.69, 9.17) is 5.11 Å². The van der Waals surface area contributed by atoms with E-state index in [2.05, 4.69) is 27.4 Å². The van der Waals surface area contributed by atoms with E-state index >= 15 is 0 Å². The Morgan fingerprint density at radius 3 is 2.37 bits per heavy atom. The molecule has 98 valence electrons. The number of benzene rings is 1. The highest BCUT2D eigenvalue weighted by atomic mass is 16.4. The van der Waals surface area contributed by atoms with Gasteiger partial charge in [-0.15, -0.1) is 0 Å². The minimum atomic E-state index is -1.09. The van der Waals surface area contributed by atoms with E-state index in [9.17, 15) is 4.79 Å². The highest BCUT2D eigenvalue weighted by Crippen LogP contribution is 2.24. The Morgan fingerprint density at radius 1 is 1.16 bits per heavy atom. The number of aromatic carboxylic acids is 1. The zero-order chi connectivity index (χ0) is 14.0. The predicted octanol–water partition coefficient (Wildman–Crippen LogP) is 2.84. The van der Waals surface area contributed by atoms with Crippen molar-refractivity contribution in [1.29, 1.82) is 0 Å². The van der Waals surface area contributed by atoms with Crippen LogP contribution in [0.2, 0.25) is 0 Å². The lowest BCUT2D eigenvalue weighted by atomic mass is 10.1. The van der Waals surface area contributed by atoms with E-state index in [0.29, 0.717) is 5.82 Å². The fourth-order valence-corrected chi connectivity index (χ4v) is 2.03. The molecule has 0 aliphatic carbocycles. The molecule has 0 aliphatic rings. The van der Waals surface area contributed by atoms with Crippen LogP contribution in [0.25, 0.3) is 0 Å². The number of carbonyl (C=O) groups is 1. The Morgan fingerprint density at radius 2 is 1.79 bits per heavy atom. The lowest BCUT2D eigenvalue weighted by Gasteiger charge is -2.13. The number of aryl methyl sites for hydroxylation is 3. The van der Waals surface area contributed by atoms with Crippen molar-refractivity contribution in [1.82, 2.24) is 9.97 Å². The molecule has 0 atom stereocenters. The molecule has 1 heterocycles. The maximum absolute atomic E-state index is 10.9. The monoisotopic (exact) mass is 257 g/mol. The maximum Gasteiger partial charge on any atom is 0.356 e. The lowest BCUT2D eigenvalue weighted by Crippen LogP contribution is -2.05. The first kappa shape index (κ1) is 13.0. The molecule has 5 nitrogen and oxygen atoms in total. The zero-order valence-electron chi connectivity index (χ0n) is 11.1. The van der Waals surface area contributed by atoms with Gasteiger partial charge in [-0.3, -0.25) is 4.98 Å². The van der Waals surface area contributed by atoms with Crippen molar-refractivity contribution in [3.8, 4) is 0 Å². The smallest absolute Gasteiger partial charge is 0.356 e. The van der Waals surface area contributed by atoms with Crippen LogP contribution in [0.15, 0.2) is 24.5 Å². The number of rotatable bonds is 3. The van der Waals surface area contributed by atoms with Gasteiger partial charge in [-0.25, -0.2) is 9.78 Å². The second-order valence-electron chi connectivity index (χ2n) is 4.49. The first-order valence-electron chi connectivity index (χ1n) is 5.87. The molecule has 2 N–H and O–H groups in total. The summed E-state index contributed by atoms with van der Waals surface area (Å²) >= 11 is 0. The average molecular weight is 257 g/mol. The summed E-state index contributed by atoms with van der Waals surface area (Å²) in [5, 5.41) is 12.0. The topological polar surface area (TPSA) is 75.1 Å². The molecule has 0 spiro atoms. The summed E-state index contributed by atoms with van der Waals surface area (Å²) in [7, 11) is 0. The first-order chi connectivity index (χ1) is 8.97. The van der Waals surface area contributed by atoms with Crippen LogP contribution in [-0.4, -0.2) is 21.0 Å². The fourth-order valence-electron chi connectivity index (χ4n) is 2.03. The van der Waals surface area contributed by atoms with Gasteiger partial charge in [0, 0.05) is 5.69 Å². The van der Waals surface area contributed by atoms with Crippen molar-refractivity contribution in [2.75, 3.05) is 5.32 Å². The summed E-state index contributed by atoms with van der Waals surface area (Å²) in [5.74, 6) is -0.663. The molecule has 0 fully saturated rings. The number of nitrogens with one attached hydrogen (secondary N) is 1. The number of aromatic nitrogens is 2. The number of carboxylic acids is 1. The normalized spacial score (nSPS) is 10.3. The zero-order valence-corrected chi connectivity index (χ0v) is 11.1. The summed E-state index contributed by atoms with van der Waals surface area (Å²) in [6.45, 7) is 6.03. The van der Waals surface area contributed by atoms with E-state index in [1.807, 2.05) is 20.8 Å². The van der Waals surface area contributed by atoms with Crippen LogP contribution >= 0.6 is 0 Å². The largest absolute Gasteiger partial charge is 0.476 e. The van der Waals surface area contributed by atoms with Crippen LogP contribution in [0.5, 0.6) is 0 Å². The molecule has 5 heteroatoms. The molecule has 2 rings (SSSR count). The highest BCUT2D eigenvalue weighted by molar-refractivity contribution is 5.85. The second kappa shape index (κ2) is 5.06. The van der Waals surface area contributed by atoms with Gasteiger partial charge in [-0.1, -0.05) is 17.7 Å². The Kier molecular flexibility index (Phi) is 3.46. The summed E-state index contributed by atoms with van der Waals surface area (Å²) in [5.41, 5.74) is 4.21. The van der Waals surface area contributed by atoms with Crippen molar-refractivity contribution in [2.24, 2.45) is 0 Å². The third kappa shape index (κ3) is 2.88. The molecule has 0 radical (unpaired) electrons. The van der Waals surface area contributed by atoms with Crippen molar-refractivity contribution in [3.05, 3.63) is 46.9 Å². The van der Waals surface area contributed by atoms with E-state index in [0.717, 1.165) is 16.8 Å². The van der Waals surface area contributed by atoms with Crippen molar-refractivity contribution in [3.63, 3.8) is 0 Å². The van der Waals surface area contributed by atoms with Gasteiger partial charge in [0.2, 0.25) is 0 Å². The van der Waals surface area contributed by atoms with Crippen LogP contribution in [0, 0.1) is 20.8 Å². The minimum absolute atomic E-state index is 0.0765. The van der Waals surface area contributed by atoms with Gasteiger partial charge in [0.25, 0.3) is 0 Å². The molecule has 0 aliphatic heterocycles. The molecule has 2 aromatic rings. The first-order valence-corrected chi connectivity index (χ1v) is 5.87. The summed E-state index contributed by atoms with van der Waals surface area (Å²) in [4.78, 5) is 18.7. The molecular formula is C14H15N3O2. The van der Waals surface area contributed by atoms with Crippen molar-refractivity contribution in [2.45, 2.75) is 20.8 Å². The second-order valence-corrected chi connectivity index (χ2v) is 4.49. The van der Waals surface area contributed by atoms with Crippen molar-refractivity contribution >= 4 is 17.5 Å². The van der Waals surface area contributed by atoms with Crippen LogP contribution < -0.4 is 5.32 Å². The highest BCUT2D eigenvalue weighted by Gasteiger charge is 2.08. The lowest BCUT2D eigenvalue weighted by molar-refractivity contribution is 0.0690. The molecule has 19 heavy (non-hydrogen) atoms. The van der Waals surface area contributed by atoms with Gasteiger partial charge in [0.1, 0.15) is 5.82 Å². The maximum atomic E-state index is 10.9. The number of nitrogens with zero attached hydrogens (tertiary/aromatic N) is 2. The van der Waals surface area contributed by atoms with E-state index in [1.54, 1.807) is 0 Å². The Bertz CT molecular complexity index is 615. The Hall–Kier alpha value is -2.43. The summed E-state index contributed by atoms with van der Waals surface area (Å²) < 4.78 is 0. The SMILES string of the molecule is Cc1cc(C)c(Nc2cncc(C(=O)O)n2)c(C)c1. The molecule has 0 bridgehead atoms. The van der Waals surface area contributed by atoms with Gasteiger partial charge < -0.3 is 10.4 Å². The molecule has 1 aromatic carbocycles. The minimum Gasteiger partial charge on any atom is -0.476 e. The fraction of sp³-hybridized carbons (Fsp3) is 0.214. The number of hydrogen-bond acceptors (Lipinski definition) is 4. The Balaban J connectivity index is 2.36. The number of carboxylic acid groups (broad SMARTS) is 1. The number of hydrogen-bond donors (Lipinski definition) is 2. The van der Waals surface area contributed by atoms with Gasteiger partial charge in [-0.2, -0.15) is 0 Å². The standard InChI is InChI=1S/C14H15N3O2/c1-8-4-9(2)13(10(3)5-8)17-12-7-15-6-11(16-12)14(18)19/h4-7H,1-3H3,(H,16,17)(H,18,19). The number of anilines is 2. The van der Waals surface area contributed by atoms with Crippen molar-refractivity contribution < 1.29 is 9.90 Å². The third-order valence-corrected chi connectivity index (χ3v) is 2.78. The molecule has 1 aromatic heterocycles. The van der Waals surface area contributed by atoms with Crippen LogP contribution in [0.3, 0.4) is 0 Å². The van der Waals surface area contributed by atoms with E-state index in [1.165, 1.54) is 18.0 Å². The molecular weight excluding hydrogens is 242 g/mol. The predicted molar refractivity (Wildman–Crippen MR) is 72.9 cm³/mol. The molecule has 0 unspecified atom stereocenters. The van der Waals surface area contributed by atoms with E-state index < -0.39 is 5.97 Å². The van der Waals surface area contributed by atoms with Crippen LogP contribution in [0.4, 0.5) is 11.5 Å². The van der Waals surface area contributed by atoms with Gasteiger partial charge >= 0.3 is 5.97 Å². The van der Waals surface area contributed by atoms with E-state index in [-0.39, 0.29) is 5.69 Å². The van der Waals surface area contributed by atoms with Gasteiger partial charge in [0.15, 0.2) is 5.69 Å². The summed E-state index contributed by atoms with van der Waals surface area (Å²) in [6.07, 6.45) is 2.73. The van der Waals surface area contributed by atoms with Crippen LogP contribution in [-0.2, 0) is 0 Å². The third-order valence-electron chi connectivity index (χ3n) is 2.78. The average Bonchev–Trinajstić information content (AvgIpc) is 2.34. The molecule has 0 saturated heterocycles. The molecule has 0 saturated carbocycles. The Labute approximate surface area is 111 Å². The van der Waals surface area contributed by atoms with Gasteiger partial charge in [-0.05, 0) is 31.9 Å². The molecule has 0 amide bonds. The van der Waals surface area contributed by atoms with Crippen LogP contribution in [0.1, 0.15) is 27.2 Å². The quantitative estimate of drug-likeness (QED) is 0.884.